The van der Waals surface area contributed by atoms with Gasteiger partial charge in [-0.1, -0.05) is 17.7 Å². The van der Waals surface area contributed by atoms with Gasteiger partial charge in [-0.2, -0.15) is 4.83 Å². The smallest absolute Gasteiger partial charge is 0.216 e. The normalized spacial score (nSPS) is 13.8. The van der Waals surface area contributed by atoms with Crippen LogP contribution in [0, 0.1) is 0 Å². The summed E-state index contributed by atoms with van der Waals surface area (Å²) in [5.41, 5.74) is 6.74. The Morgan fingerprint density at radius 1 is 1.20 bits per heavy atom. The van der Waals surface area contributed by atoms with E-state index in [2.05, 4.69) is 20.2 Å². The number of aromatic nitrogens is 2. The maximum absolute atomic E-state index is 6.11. The van der Waals surface area contributed by atoms with Crippen molar-refractivity contribution in [1.82, 2.24) is 20.2 Å². The summed E-state index contributed by atoms with van der Waals surface area (Å²) in [7, 11) is 1.58. The average molecular weight is 307 g/mol. The summed E-state index contributed by atoms with van der Waals surface area (Å²) in [5.74, 6) is 0.516. The van der Waals surface area contributed by atoms with Crippen LogP contribution in [-0.4, -0.2) is 17.1 Å². The summed E-state index contributed by atoms with van der Waals surface area (Å²) in [6.07, 6.45) is 1.47. The first-order valence-corrected chi connectivity index (χ1v) is 7.07. The van der Waals surface area contributed by atoms with Crippen LogP contribution in [0.25, 0.3) is 17.0 Å². The van der Waals surface area contributed by atoms with Gasteiger partial charge in [0.15, 0.2) is 0 Å². The Morgan fingerprint density at radius 3 is 2.85 bits per heavy atom. The molecule has 20 heavy (non-hydrogen) atoms. The Balaban J connectivity index is 2.13. The standard InChI is InChI=1S/C13H11ClN4OS/c1-19-13-5-11(15-7-16-13)10-4-8(14)2-3-9(10)12-6-20-18-17-12/h2-7,17-18H,1H3. The number of methoxy groups -OCH3 is 1. The molecule has 3 rings (SSSR count). The first-order chi connectivity index (χ1) is 9.78. The summed E-state index contributed by atoms with van der Waals surface area (Å²) in [6.45, 7) is 0. The summed E-state index contributed by atoms with van der Waals surface area (Å²) in [4.78, 5) is 11.3. The van der Waals surface area contributed by atoms with Gasteiger partial charge in [-0.15, -0.1) is 0 Å². The van der Waals surface area contributed by atoms with Crippen LogP contribution in [0.2, 0.25) is 5.02 Å². The minimum atomic E-state index is 0.516. The molecule has 0 aliphatic carbocycles. The maximum Gasteiger partial charge on any atom is 0.216 e. The van der Waals surface area contributed by atoms with Gasteiger partial charge in [-0.3, -0.25) is 0 Å². The highest BCUT2D eigenvalue weighted by atomic mass is 35.5. The van der Waals surface area contributed by atoms with Crippen LogP contribution in [0.3, 0.4) is 0 Å². The van der Waals surface area contributed by atoms with Crippen molar-refractivity contribution >= 4 is 29.2 Å². The number of nitrogens with one attached hydrogen (secondary N) is 2. The van der Waals surface area contributed by atoms with Gasteiger partial charge in [0.05, 0.1) is 18.5 Å². The monoisotopic (exact) mass is 306 g/mol. The fourth-order valence-electron chi connectivity index (χ4n) is 1.89. The van der Waals surface area contributed by atoms with Gasteiger partial charge in [0.1, 0.15) is 6.33 Å². The SMILES string of the molecule is COc1cc(-c2cc(Cl)ccc2C2=CSNN2)ncn1. The molecule has 1 aliphatic rings. The molecule has 0 atom stereocenters. The van der Waals surface area contributed by atoms with Crippen LogP contribution in [0.5, 0.6) is 5.88 Å². The number of benzene rings is 1. The largest absolute Gasteiger partial charge is 0.481 e. The van der Waals surface area contributed by atoms with Crippen molar-refractivity contribution in [1.29, 1.82) is 0 Å². The Morgan fingerprint density at radius 2 is 2.10 bits per heavy atom. The third kappa shape index (κ3) is 2.58. The minimum absolute atomic E-state index is 0.516. The van der Waals surface area contributed by atoms with E-state index < -0.39 is 0 Å². The first kappa shape index (κ1) is 13.2. The van der Waals surface area contributed by atoms with E-state index in [4.69, 9.17) is 16.3 Å². The number of rotatable bonds is 3. The molecule has 0 spiro atoms. The molecular weight excluding hydrogens is 296 g/mol. The van der Waals surface area contributed by atoms with E-state index in [1.54, 1.807) is 13.2 Å². The summed E-state index contributed by atoms with van der Waals surface area (Å²) < 4.78 is 5.14. The number of ether oxygens (including phenoxy) is 1. The molecule has 0 unspecified atom stereocenters. The number of hydrogen-bond acceptors (Lipinski definition) is 6. The molecule has 0 amide bonds. The minimum Gasteiger partial charge on any atom is -0.481 e. The molecule has 102 valence electrons. The van der Waals surface area contributed by atoms with Gasteiger partial charge in [0.25, 0.3) is 0 Å². The molecule has 0 saturated heterocycles. The van der Waals surface area contributed by atoms with Crippen LogP contribution in [0.1, 0.15) is 5.56 Å². The molecule has 1 aromatic carbocycles. The van der Waals surface area contributed by atoms with Crippen LogP contribution in [0.15, 0.2) is 36.0 Å². The summed E-state index contributed by atoms with van der Waals surface area (Å²) in [6, 6.07) is 7.47. The van der Waals surface area contributed by atoms with E-state index in [1.807, 2.05) is 23.6 Å². The van der Waals surface area contributed by atoms with E-state index in [0.717, 1.165) is 22.5 Å². The fourth-order valence-corrected chi connectivity index (χ4v) is 2.60. The zero-order chi connectivity index (χ0) is 13.9. The highest BCUT2D eigenvalue weighted by Gasteiger charge is 2.14. The van der Waals surface area contributed by atoms with Crippen LogP contribution in [-0.2, 0) is 0 Å². The topological polar surface area (TPSA) is 59.1 Å². The zero-order valence-electron chi connectivity index (χ0n) is 10.6. The zero-order valence-corrected chi connectivity index (χ0v) is 12.1. The second-order valence-electron chi connectivity index (χ2n) is 4.01. The molecular formula is C13H11ClN4OS. The third-order valence-corrected chi connectivity index (χ3v) is 3.63. The molecule has 0 fully saturated rings. The molecule has 0 bridgehead atoms. The van der Waals surface area contributed by atoms with Crippen molar-refractivity contribution in [2.24, 2.45) is 0 Å². The van der Waals surface area contributed by atoms with Gasteiger partial charge >= 0.3 is 0 Å². The van der Waals surface area contributed by atoms with E-state index in [0.29, 0.717) is 10.9 Å². The Labute approximate surface area is 125 Å². The molecule has 0 radical (unpaired) electrons. The highest BCUT2D eigenvalue weighted by Crippen LogP contribution is 2.32. The lowest BCUT2D eigenvalue weighted by atomic mass is 10.0. The van der Waals surface area contributed by atoms with Crippen molar-refractivity contribution in [2.75, 3.05) is 7.11 Å². The number of hydrazine groups is 1. The molecule has 2 aromatic rings. The van der Waals surface area contributed by atoms with Crippen molar-refractivity contribution in [3.8, 4) is 17.1 Å². The highest BCUT2D eigenvalue weighted by molar-refractivity contribution is 8.00. The predicted molar refractivity (Wildman–Crippen MR) is 80.9 cm³/mol. The van der Waals surface area contributed by atoms with Crippen molar-refractivity contribution in [3.63, 3.8) is 0 Å². The van der Waals surface area contributed by atoms with Gasteiger partial charge in [-0.05, 0) is 24.1 Å². The summed E-state index contributed by atoms with van der Waals surface area (Å²) in [5, 5.41) is 2.64. The van der Waals surface area contributed by atoms with E-state index in [9.17, 15) is 0 Å². The Hall–Kier alpha value is -1.76. The van der Waals surface area contributed by atoms with Gasteiger partial charge < -0.3 is 10.2 Å². The Kier molecular flexibility index (Phi) is 3.77. The van der Waals surface area contributed by atoms with Crippen LogP contribution >= 0.6 is 23.5 Å². The second kappa shape index (κ2) is 5.70. The van der Waals surface area contributed by atoms with Gasteiger partial charge in [-0.25, -0.2) is 9.97 Å². The molecule has 7 heteroatoms. The molecule has 1 aliphatic heterocycles. The molecule has 1 aromatic heterocycles. The number of halogens is 1. The molecule has 5 nitrogen and oxygen atoms in total. The molecule has 0 saturated carbocycles. The summed E-state index contributed by atoms with van der Waals surface area (Å²) >= 11 is 7.59. The number of hydrogen-bond donors (Lipinski definition) is 2. The Bertz CT molecular complexity index is 677. The third-order valence-electron chi connectivity index (χ3n) is 2.82. The lowest BCUT2D eigenvalue weighted by Crippen LogP contribution is -2.18. The fraction of sp³-hybridized carbons (Fsp3) is 0.0769. The average Bonchev–Trinajstić information content (AvgIpc) is 3.01. The lowest BCUT2D eigenvalue weighted by Gasteiger charge is -2.11. The van der Waals surface area contributed by atoms with E-state index in [-0.39, 0.29) is 0 Å². The van der Waals surface area contributed by atoms with Crippen LogP contribution in [0.4, 0.5) is 0 Å². The van der Waals surface area contributed by atoms with Crippen molar-refractivity contribution < 1.29 is 4.74 Å². The van der Waals surface area contributed by atoms with Crippen LogP contribution < -0.4 is 15.0 Å². The maximum atomic E-state index is 6.11. The van der Waals surface area contributed by atoms with E-state index >= 15 is 0 Å². The molecule has 2 N–H and O–H groups in total. The van der Waals surface area contributed by atoms with E-state index in [1.165, 1.54) is 18.3 Å². The molecule has 2 heterocycles. The van der Waals surface area contributed by atoms with Gasteiger partial charge in [0.2, 0.25) is 5.88 Å². The van der Waals surface area contributed by atoms with Crippen molar-refractivity contribution in [3.05, 3.63) is 46.6 Å². The predicted octanol–water partition coefficient (Wildman–Crippen LogP) is 2.86. The second-order valence-corrected chi connectivity index (χ2v) is 5.12. The van der Waals surface area contributed by atoms with Crippen molar-refractivity contribution in [2.45, 2.75) is 0 Å². The first-order valence-electron chi connectivity index (χ1n) is 5.81. The quantitative estimate of drug-likeness (QED) is 0.850. The van der Waals surface area contributed by atoms with Gasteiger partial charge in [0, 0.05) is 27.6 Å². The lowest BCUT2D eigenvalue weighted by molar-refractivity contribution is 0.397. The number of nitrogens with zero attached hydrogens (tertiary/aromatic N) is 2.